The molecule has 0 spiro atoms. The minimum Gasteiger partial charge on any atom is -0.374 e. The van der Waals surface area contributed by atoms with Gasteiger partial charge in [0.2, 0.25) is 0 Å². The Morgan fingerprint density at radius 1 is 1.29 bits per heavy atom. The molecule has 1 aliphatic heterocycles. The van der Waals surface area contributed by atoms with Gasteiger partial charge in [-0.2, -0.15) is 0 Å². The van der Waals surface area contributed by atoms with Crippen molar-refractivity contribution in [2.24, 2.45) is 0 Å². The Morgan fingerprint density at radius 2 is 2.06 bits per heavy atom. The van der Waals surface area contributed by atoms with E-state index >= 15 is 0 Å². The summed E-state index contributed by atoms with van der Waals surface area (Å²) in [6.07, 6.45) is 0.350. The molecule has 1 atom stereocenters. The molecule has 1 aromatic carbocycles. The summed E-state index contributed by atoms with van der Waals surface area (Å²) >= 11 is 0. The first kappa shape index (κ1) is 12.6. The summed E-state index contributed by atoms with van der Waals surface area (Å²) in [6.45, 7) is 4.97. The van der Waals surface area contributed by atoms with Gasteiger partial charge in [-0.25, -0.2) is 0 Å². The highest BCUT2D eigenvalue weighted by atomic mass is 16.5. The Balaban J connectivity index is 1.85. The van der Waals surface area contributed by atoms with Gasteiger partial charge in [0.05, 0.1) is 12.7 Å². The van der Waals surface area contributed by atoms with Gasteiger partial charge in [-0.15, -0.1) is 0 Å². The molecule has 0 N–H and O–H groups in total. The maximum absolute atomic E-state index is 5.77. The first-order chi connectivity index (χ1) is 8.24. The van der Waals surface area contributed by atoms with E-state index in [0.717, 1.165) is 32.8 Å². The van der Waals surface area contributed by atoms with E-state index in [4.69, 9.17) is 4.74 Å². The van der Waals surface area contributed by atoms with Gasteiger partial charge in [0.25, 0.3) is 0 Å². The van der Waals surface area contributed by atoms with Gasteiger partial charge in [-0.3, -0.25) is 4.90 Å². The molecule has 0 amide bonds. The van der Waals surface area contributed by atoms with E-state index in [2.05, 4.69) is 54.2 Å². The Kier molecular flexibility index (Phi) is 4.54. The van der Waals surface area contributed by atoms with Crippen molar-refractivity contribution < 1.29 is 4.74 Å². The molecule has 1 aromatic rings. The fourth-order valence-corrected chi connectivity index (χ4v) is 2.28. The lowest BCUT2D eigenvalue weighted by atomic mass is 10.2. The zero-order valence-corrected chi connectivity index (χ0v) is 10.8. The quantitative estimate of drug-likeness (QED) is 0.784. The van der Waals surface area contributed by atoms with Crippen LogP contribution in [-0.2, 0) is 11.3 Å². The molecule has 17 heavy (non-hydrogen) atoms. The van der Waals surface area contributed by atoms with Crippen LogP contribution in [0.5, 0.6) is 0 Å². The molecular weight excluding hydrogens is 212 g/mol. The fourth-order valence-electron chi connectivity index (χ4n) is 2.28. The molecule has 0 aliphatic carbocycles. The summed E-state index contributed by atoms with van der Waals surface area (Å²) < 4.78 is 5.77. The predicted molar refractivity (Wildman–Crippen MR) is 70.0 cm³/mol. The van der Waals surface area contributed by atoms with Crippen molar-refractivity contribution in [3.8, 4) is 0 Å². The molecule has 0 bridgehead atoms. The number of hydrogen-bond acceptors (Lipinski definition) is 3. The molecule has 3 nitrogen and oxygen atoms in total. The molecule has 0 radical (unpaired) electrons. The standard InChI is InChI=1S/C14H22N2O/c1-15(2)11-14-12-16(8-9-17-14)10-13-6-4-3-5-7-13/h3-7,14H,8-12H2,1-2H3. The third-order valence-corrected chi connectivity index (χ3v) is 3.04. The fraction of sp³-hybridized carbons (Fsp3) is 0.571. The van der Waals surface area contributed by atoms with Crippen molar-refractivity contribution >= 4 is 0 Å². The number of rotatable bonds is 4. The van der Waals surface area contributed by atoms with Crippen LogP contribution in [0.1, 0.15) is 5.56 Å². The van der Waals surface area contributed by atoms with E-state index in [0.29, 0.717) is 6.10 Å². The number of ether oxygens (including phenoxy) is 1. The lowest BCUT2D eigenvalue weighted by molar-refractivity contribution is -0.0406. The number of morpholine rings is 1. The topological polar surface area (TPSA) is 15.7 Å². The first-order valence-electron chi connectivity index (χ1n) is 6.26. The van der Waals surface area contributed by atoms with Crippen LogP contribution in [-0.4, -0.2) is 56.2 Å². The van der Waals surface area contributed by atoms with Gasteiger partial charge in [-0.05, 0) is 19.7 Å². The highest BCUT2D eigenvalue weighted by Gasteiger charge is 2.20. The molecule has 0 saturated carbocycles. The number of benzene rings is 1. The number of likely N-dealkylation sites (N-methyl/N-ethyl adjacent to an activating group) is 1. The summed E-state index contributed by atoms with van der Waals surface area (Å²) in [7, 11) is 4.19. The van der Waals surface area contributed by atoms with Gasteiger partial charge in [0.1, 0.15) is 0 Å². The second-order valence-electron chi connectivity index (χ2n) is 4.98. The summed E-state index contributed by atoms with van der Waals surface area (Å²) in [6, 6.07) is 10.7. The van der Waals surface area contributed by atoms with Crippen LogP contribution >= 0.6 is 0 Å². The lowest BCUT2D eigenvalue weighted by Gasteiger charge is -2.34. The average molecular weight is 234 g/mol. The Hall–Kier alpha value is -0.900. The SMILES string of the molecule is CN(C)CC1CN(Cc2ccccc2)CCO1. The molecular formula is C14H22N2O. The lowest BCUT2D eigenvalue weighted by Crippen LogP contribution is -2.45. The van der Waals surface area contributed by atoms with Crippen LogP contribution in [0.25, 0.3) is 0 Å². The number of nitrogens with zero attached hydrogens (tertiary/aromatic N) is 2. The van der Waals surface area contributed by atoms with Crippen molar-refractivity contribution in [1.82, 2.24) is 9.80 Å². The monoisotopic (exact) mass is 234 g/mol. The second kappa shape index (κ2) is 6.15. The van der Waals surface area contributed by atoms with Crippen molar-refractivity contribution in [3.05, 3.63) is 35.9 Å². The van der Waals surface area contributed by atoms with Crippen LogP contribution in [0.2, 0.25) is 0 Å². The zero-order chi connectivity index (χ0) is 12.1. The summed E-state index contributed by atoms with van der Waals surface area (Å²) in [5.74, 6) is 0. The second-order valence-corrected chi connectivity index (χ2v) is 4.98. The Labute approximate surface area is 104 Å². The minimum atomic E-state index is 0.350. The zero-order valence-electron chi connectivity index (χ0n) is 10.8. The third-order valence-electron chi connectivity index (χ3n) is 3.04. The highest BCUT2D eigenvalue weighted by molar-refractivity contribution is 5.14. The molecule has 0 aromatic heterocycles. The molecule has 94 valence electrons. The van der Waals surface area contributed by atoms with E-state index in [1.807, 2.05) is 0 Å². The van der Waals surface area contributed by atoms with Gasteiger partial charge < -0.3 is 9.64 Å². The summed E-state index contributed by atoms with van der Waals surface area (Å²) in [5.41, 5.74) is 1.39. The minimum absolute atomic E-state index is 0.350. The van der Waals surface area contributed by atoms with Crippen molar-refractivity contribution in [2.45, 2.75) is 12.6 Å². The van der Waals surface area contributed by atoms with Crippen molar-refractivity contribution in [3.63, 3.8) is 0 Å². The highest BCUT2D eigenvalue weighted by Crippen LogP contribution is 2.10. The third kappa shape index (κ3) is 4.11. The molecule has 1 heterocycles. The Morgan fingerprint density at radius 3 is 2.76 bits per heavy atom. The van der Waals surface area contributed by atoms with Crippen LogP contribution < -0.4 is 0 Å². The first-order valence-corrected chi connectivity index (χ1v) is 6.26. The van der Waals surface area contributed by atoms with E-state index in [-0.39, 0.29) is 0 Å². The summed E-state index contributed by atoms with van der Waals surface area (Å²) in [5, 5.41) is 0. The smallest absolute Gasteiger partial charge is 0.0829 e. The number of hydrogen-bond donors (Lipinski definition) is 0. The van der Waals surface area contributed by atoms with Crippen LogP contribution in [0.4, 0.5) is 0 Å². The Bertz CT molecular complexity index is 326. The van der Waals surface area contributed by atoms with Gasteiger partial charge >= 0.3 is 0 Å². The van der Waals surface area contributed by atoms with Crippen LogP contribution in [0.3, 0.4) is 0 Å². The average Bonchev–Trinajstić information content (AvgIpc) is 2.30. The molecule has 1 aliphatic rings. The maximum Gasteiger partial charge on any atom is 0.0829 e. The van der Waals surface area contributed by atoms with Crippen molar-refractivity contribution in [2.75, 3.05) is 40.3 Å². The van der Waals surface area contributed by atoms with Gasteiger partial charge in [0, 0.05) is 26.2 Å². The van der Waals surface area contributed by atoms with E-state index in [1.54, 1.807) is 0 Å². The van der Waals surface area contributed by atoms with Crippen LogP contribution in [0.15, 0.2) is 30.3 Å². The molecule has 1 saturated heterocycles. The van der Waals surface area contributed by atoms with Crippen molar-refractivity contribution in [1.29, 1.82) is 0 Å². The molecule has 3 heteroatoms. The van der Waals surface area contributed by atoms with Gasteiger partial charge in [-0.1, -0.05) is 30.3 Å². The van der Waals surface area contributed by atoms with Gasteiger partial charge in [0.15, 0.2) is 0 Å². The molecule has 2 rings (SSSR count). The molecule has 1 unspecified atom stereocenters. The largest absolute Gasteiger partial charge is 0.374 e. The van der Waals surface area contributed by atoms with E-state index in [9.17, 15) is 0 Å². The van der Waals surface area contributed by atoms with E-state index in [1.165, 1.54) is 5.56 Å². The molecule has 1 fully saturated rings. The summed E-state index contributed by atoms with van der Waals surface area (Å²) in [4.78, 5) is 4.67. The maximum atomic E-state index is 5.77. The van der Waals surface area contributed by atoms with Crippen LogP contribution in [0, 0.1) is 0 Å². The van der Waals surface area contributed by atoms with E-state index < -0.39 is 0 Å². The normalized spacial score (nSPS) is 21.9. The predicted octanol–water partition coefficient (Wildman–Crippen LogP) is 1.45.